The summed E-state index contributed by atoms with van der Waals surface area (Å²) in [5.74, 6) is 0. The van der Waals surface area contributed by atoms with Gasteiger partial charge in [0.05, 0.1) is 10.4 Å². The molecule has 2 heterocycles. The Balaban J connectivity index is 2.04. The van der Waals surface area contributed by atoms with Crippen molar-refractivity contribution in [1.29, 1.82) is 0 Å². The van der Waals surface area contributed by atoms with Crippen LogP contribution in [0.3, 0.4) is 0 Å². The lowest BCUT2D eigenvalue weighted by Gasteiger charge is -2.15. The van der Waals surface area contributed by atoms with Gasteiger partial charge in [-0.25, -0.2) is 0 Å². The zero-order valence-corrected chi connectivity index (χ0v) is 12.5. The number of hydrogen-bond donors (Lipinski definition) is 2. The topological polar surface area (TPSA) is 38.0 Å². The van der Waals surface area contributed by atoms with Gasteiger partial charge in [0.2, 0.25) is 0 Å². The molecule has 0 fully saturated rings. The van der Waals surface area contributed by atoms with Crippen molar-refractivity contribution in [3.63, 3.8) is 0 Å². The zero-order chi connectivity index (χ0) is 12.8. The molecule has 0 aliphatic rings. The molecule has 0 saturated heterocycles. The molecule has 2 nitrogen and oxygen atoms in total. The molecule has 2 rings (SSSR count). The van der Waals surface area contributed by atoms with E-state index in [-0.39, 0.29) is 6.04 Å². The molecule has 5 heteroatoms. The molecule has 0 saturated carbocycles. The third-order valence-electron chi connectivity index (χ3n) is 2.69. The molecular weight excluding hydrogens is 284 g/mol. The maximum Gasteiger partial charge on any atom is 0.0931 e. The molecule has 2 aromatic rings. The molecule has 1 unspecified atom stereocenters. The van der Waals surface area contributed by atoms with Gasteiger partial charge in [0, 0.05) is 9.75 Å². The quantitative estimate of drug-likeness (QED) is 0.762. The van der Waals surface area contributed by atoms with E-state index in [0.29, 0.717) is 0 Å². The lowest BCUT2D eigenvalue weighted by molar-refractivity contribution is 0.582. The Kier molecular flexibility index (Phi) is 5.66. The van der Waals surface area contributed by atoms with Crippen LogP contribution in [-0.2, 0) is 0 Å². The lowest BCUT2D eigenvalue weighted by Crippen LogP contribution is -2.22. The van der Waals surface area contributed by atoms with Gasteiger partial charge in [-0.15, -0.1) is 22.7 Å². The molecule has 1 atom stereocenters. The first-order valence-electron chi connectivity index (χ1n) is 6.03. The molecule has 3 N–H and O–H groups in total. The molecule has 0 spiro atoms. The molecular formula is C13H17ClN2S2. The first-order valence-corrected chi connectivity index (χ1v) is 8.11. The van der Waals surface area contributed by atoms with Gasteiger partial charge in [-0.3, -0.25) is 0 Å². The van der Waals surface area contributed by atoms with Gasteiger partial charge >= 0.3 is 0 Å². The van der Waals surface area contributed by atoms with Crippen molar-refractivity contribution >= 4 is 34.3 Å². The summed E-state index contributed by atoms with van der Waals surface area (Å²) in [6.45, 7) is 1.74. The maximum atomic E-state index is 6.03. The molecule has 98 valence electrons. The monoisotopic (exact) mass is 300 g/mol. The molecule has 0 bridgehead atoms. The predicted molar refractivity (Wildman–Crippen MR) is 81.8 cm³/mol. The summed E-state index contributed by atoms with van der Waals surface area (Å²) >= 11 is 9.45. The highest BCUT2D eigenvalue weighted by Gasteiger charge is 2.16. The van der Waals surface area contributed by atoms with Crippen LogP contribution in [0.15, 0.2) is 29.6 Å². The van der Waals surface area contributed by atoms with E-state index in [1.54, 1.807) is 22.7 Å². The first-order chi connectivity index (χ1) is 8.81. The SMILES string of the molecule is NCCCCNC(c1cccs1)c1ccc(Cl)s1. The van der Waals surface area contributed by atoms with E-state index in [4.69, 9.17) is 17.3 Å². The third-order valence-corrected chi connectivity index (χ3v) is 4.92. The van der Waals surface area contributed by atoms with Crippen molar-refractivity contribution in [3.05, 3.63) is 43.7 Å². The van der Waals surface area contributed by atoms with Crippen molar-refractivity contribution < 1.29 is 0 Å². The number of nitrogens with two attached hydrogens (primary N) is 1. The van der Waals surface area contributed by atoms with Crippen molar-refractivity contribution in [1.82, 2.24) is 5.32 Å². The second-order valence-corrected chi connectivity index (χ2v) is 6.77. The number of rotatable bonds is 7. The predicted octanol–water partition coefficient (Wildman–Crippen LogP) is 3.88. The van der Waals surface area contributed by atoms with Gasteiger partial charge in [0.1, 0.15) is 0 Å². The smallest absolute Gasteiger partial charge is 0.0931 e. The largest absolute Gasteiger partial charge is 0.330 e. The van der Waals surface area contributed by atoms with Crippen LogP contribution >= 0.6 is 34.3 Å². The number of nitrogens with one attached hydrogen (secondary N) is 1. The Morgan fingerprint density at radius 2 is 2.11 bits per heavy atom. The minimum absolute atomic E-state index is 0.264. The van der Waals surface area contributed by atoms with E-state index in [1.807, 2.05) is 6.07 Å². The fourth-order valence-corrected chi connectivity index (χ4v) is 3.84. The first kappa shape index (κ1) is 14.0. The van der Waals surface area contributed by atoms with E-state index in [2.05, 4.69) is 28.9 Å². The van der Waals surface area contributed by atoms with Crippen LogP contribution in [0, 0.1) is 0 Å². The Morgan fingerprint density at radius 1 is 1.22 bits per heavy atom. The second kappa shape index (κ2) is 7.26. The van der Waals surface area contributed by atoms with Crippen molar-refractivity contribution in [2.45, 2.75) is 18.9 Å². The summed E-state index contributed by atoms with van der Waals surface area (Å²) < 4.78 is 0.843. The molecule has 0 radical (unpaired) electrons. The highest BCUT2D eigenvalue weighted by atomic mass is 35.5. The Labute approximate surface area is 121 Å². The molecule has 0 aliphatic heterocycles. The third kappa shape index (κ3) is 3.80. The zero-order valence-electron chi connectivity index (χ0n) is 10.1. The highest BCUT2D eigenvalue weighted by molar-refractivity contribution is 7.16. The van der Waals surface area contributed by atoms with E-state index in [9.17, 15) is 0 Å². The number of thiophene rings is 2. The maximum absolute atomic E-state index is 6.03. The van der Waals surface area contributed by atoms with Gasteiger partial charge < -0.3 is 11.1 Å². The molecule has 0 amide bonds. The number of halogens is 1. The summed E-state index contributed by atoms with van der Waals surface area (Å²) in [4.78, 5) is 2.61. The van der Waals surface area contributed by atoms with Gasteiger partial charge in [-0.1, -0.05) is 17.7 Å². The molecule has 0 aliphatic carbocycles. The van der Waals surface area contributed by atoms with Gasteiger partial charge in [0.25, 0.3) is 0 Å². The summed E-state index contributed by atoms with van der Waals surface area (Å²) in [5, 5.41) is 5.70. The summed E-state index contributed by atoms with van der Waals surface area (Å²) in [7, 11) is 0. The number of unbranched alkanes of at least 4 members (excludes halogenated alkanes) is 1. The Morgan fingerprint density at radius 3 is 2.72 bits per heavy atom. The highest BCUT2D eigenvalue weighted by Crippen LogP contribution is 2.32. The summed E-state index contributed by atoms with van der Waals surface area (Å²) in [6.07, 6.45) is 2.17. The average Bonchev–Trinajstić information content (AvgIpc) is 3.01. The summed E-state index contributed by atoms with van der Waals surface area (Å²) in [6, 6.07) is 8.58. The minimum Gasteiger partial charge on any atom is -0.330 e. The van der Waals surface area contributed by atoms with Crippen LogP contribution in [0.2, 0.25) is 4.34 Å². The van der Waals surface area contributed by atoms with Crippen LogP contribution in [0.25, 0.3) is 0 Å². The van der Waals surface area contributed by atoms with Gasteiger partial charge in [0.15, 0.2) is 0 Å². The van der Waals surface area contributed by atoms with Crippen molar-refractivity contribution in [2.24, 2.45) is 5.73 Å². The Bertz CT molecular complexity index is 453. The van der Waals surface area contributed by atoms with Crippen molar-refractivity contribution in [2.75, 3.05) is 13.1 Å². The average molecular weight is 301 g/mol. The molecule has 2 aromatic heterocycles. The van der Waals surface area contributed by atoms with E-state index < -0.39 is 0 Å². The van der Waals surface area contributed by atoms with E-state index in [0.717, 1.165) is 30.3 Å². The van der Waals surface area contributed by atoms with E-state index in [1.165, 1.54) is 9.75 Å². The lowest BCUT2D eigenvalue weighted by atomic mass is 10.2. The molecule has 18 heavy (non-hydrogen) atoms. The van der Waals surface area contributed by atoms with Crippen LogP contribution in [0.4, 0.5) is 0 Å². The second-order valence-electron chi connectivity index (χ2n) is 4.04. The Hall–Kier alpha value is -0.390. The normalized spacial score (nSPS) is 12.8. The standard InChI is InChI=1S/C13H17ClN2S2/c14-12-6-5-11(18-12)13(10-4-3-9-17-10)16-8-2-1-7-15/h3-6,9,13,16H,1-2,7-8,15H2. The fraction of sp³-hybridized carbons (Fsp3) is 0.385. The van der Waals surface area contributed by atoms with E-state index >= 15 is 0 Å². The fourth-order valence-electron chi connectivity index (χ4n) is 1.80. The van der Waals surface area contributed by atoms with Crippen LogP contribution in [0.5, 0.6) is 0 Å². The van der Waals surface area contributed by atoms with Crippen LogP contribution in [-0.4, -0.2) is 13.1 Å². The van der Waals surface area contributed by atoms with Crippen LogP contribution < -0.4 is 11.1 Å². The number of hydrogen-bond acceptors (Lipinski definition) is 4. The van der Waals surface area contributed by atoms with Gasteiger partial charge in [-0.05, 0) is 49.5 Å². The van der Waals surface area contributed by atoms with Crippen LogP contribution in [0.1, 0.15) is 28.6 Å². The summed E-state index contributed by atoms with van der Waals surface area (Å²) in [5.41, 5.74) is 5.51. The van der Waals surface area contributed by atoms with Gasteiger partial charge in [-0.2, -0.15) is 0 Å². The minimum atomic E-state index is 0.264. The van der Waals surface area contributed by atoms with Crippen molar-refractivity contribution in [3.8, 4) is 0 Å². The molecule has 0 aromatic carbocycles.